The molecule has 0 N–H and O–H groups in total. The number of epoxide rings is 1. The zero-order valence-electron chi connectivity index (χ0n) is 11.6. The second-order valence-electron chi connectivity index (χ2n) is 6.01. The molecule has 1 atom stereocenters. The standard InChI is InChI=1S/C16H22O3/c1-16(11-19-16)15(17)18-10-14(12-6-2-3-7-12)13-8-4-5-9-13/h6,8,14H,2-5,7,9-11H2,1H3. The third-order valence-electron chi connectivity index (χ3n) is 4.44. The van der Waals surface area contributed by atoms with Gasteiger partial charge >= 0.3 is 5.97 Å². The topological polar surface area (TPSA) is 38.8 Å². The highest BCUT2D eigenvalue weighted by molar-refractivity contribution is 5.81. The van der Waals surface area contributed by atoms with E-state index >= 15 is 0 Å². The van der Waals surface area contributed by atoms with Crippen molar-refractivity contribution in [2.45, 2.75) is 51.0 Å². The van der Waals surface area contributed by atoms with Crippen molar-refractivity contribution in [1.82, 2.24) is 0 Å². The Balaban J connectivity index is 1.64. The van der Waals surface area contributed by atoms with Crippen LogP contribution < -0.4 is 0 Å². The van der Waals surface area contributed by atoms with Crippen LogP contribution in [0.4, 0.5) is 0 Å². The van der Waals surface area contributed by atoms with Gasteiger partial charge in [0.2, 0.25) is 0 Å². The lowest BCUT2D eigenvalue weighted by Gasteiger charge is -2.20. The van der Waals surface area contributed by atoms with Crippen LogP contribution in [0, 0.1) is 5.92 Å². The number of hydrogen-bond acceptors (Lipinski definition) is 3. The van der Waals surface area contributed by atoms with Crippen molar-refractivity contribution >= 4 is 5.97 Å². The van der Waals surface area contributed by atoms with Crippen LogP contribution in [0.5, 0.6) is 0 Å². The molecule has 0 bridgehead atoms. The lowest BCUT2D eigenvalue weighted by atomic mass is 9.90. The Morgan fingerprint density at radius 3 is 2.32 bits per heavy atom. The minimum absolute atomic E-state index is 0.199. The maximum absolute atomic E-state index is 11.9. The summed E-state index contributed by atoms with van der Waals surface area (Å²) in [6.07, 6.45) is 11.8. The van der Waals surface area contributed by atoms with E-state index in [2.05, 4.69) is 12.2 Å². The molecule has 2 aliphatic carbocycles. The second kappa shape index (κ2) is 5.12. The van der Waals surface area contributed by atoms with Gasteiger partial charge in [0.15, 0.2) is 5.60 Å². The molecule has 0 amide bonds. The Morgan fingerprint density at radius 2 is 1.89 bits per heavy atom. The Morgan fingerprint density at radius 1 is 1.32 bits per heavy atom. The van der Waals surface area contributed by atoms with Crippen LogP contribution in [0.1, 0.15) is 45.4 Å². The summed E-state index contributed by atoms with van der Waals surface area (Å²) in [4.78, 5) is 11.9. The Bertz CT molecular complexity index is 405. The Hall–Kier alpha value is -1.09. The van der Waals surface area contributed by atoms with E-state index in [1.165, 1.54) is 36.8 Å². The van der Waals surface area contributed by atoms with Crippen molar-refractivity contribution in [2.24, 2.45) is 5.92 Å². The van der Waals surface area contributed by atoms with Crippen molar-refractivity contribution in [2.75, 3.05) is 13.2 Å². The number of ether oxygens (including phenoxy) is 2. The maximum atomic E-state index is 11.9. The molecule has 1 saturated heterocycles. The van der Waals surface area contributed by atoms with Crippen LogP contribution in [-0.2, 0) is 14.3 Å². The van der Waals surface area contributed by atoms with Crippen LogP contribution in [-0.4, -0.2) is 24.8 Å². The molecule has 1 heterocycles. The summed E-state index contributed by atoms with van der Waals surface area (Å²) >= 11 is 0. The zero-order valence-corrected chi connectivity index (χ0v) is 11.6. The summed E-state index contributed by atoms with van der Waals surface area (Å²) in [5.74, 6) is 0.131. The van der Waals surface area contributed by atoms with Crippen LogP contribution >= 0.6 is 0 Å². The quantitative estimate of drug-likeness (QED) is 0.434. The predicted octanol–water partition coefficient (Wildman–Crippen LogP) is 3.16. The number of esters is 1. The molecule has 0 saturated carbocycles. The van der Waals surface area contributed by atoms with Gasteiger partial charge in [0.1, 0.15) is 6.61 Å². The molecule has 1 aliphatic heterocycles. The molecule has 0 radical (unpaired) electrons. The van der Waals surface area contributed by atoms with Gasteiger partial charge in [0, 0.05) is 5.92 Å². The van der Waals surface area contributed by atoms with E-state index in [0.717, 1.165) is 12.8 Å². The van der Waals surface area contributed by atoms with Gasteiger partial charge in [-0.2, -0.15) is 0 Å². The molecule has 0 aromatic rings. The van der Waals surface area contributed by atoms with Gasteiger partial charge in [0.25, 0.3) is 0 Å². The van der Waals surface area contributed by atoms with Crippen molar-refractivity contribution < 1.29 is 14.3 Å². The molecule has 1 fully saturated rings. The van der Waals surface area contributed by atoms with Crippen molar-refractivity contribution in [3.63, 3.8) is 0 Å². The summed E-state index contributed by atoms with van der Waals surface area (Å²) in [6.45, 7) is 2.80. The van der Waals surface area contributed by atoms with Gasteiger partial charge in [-0.25, -0.2) is 4.79 Å². The smallest absolute Gasteiger partial charge is 0.340 e. The number of allylic oxidation sites excluding steroid dienone is 2. The van der Waals surface area contributed by atoms with Gasteiger partial charge in [-0.05, 0) is 45.4 Å². The minimum atomic E-state index is -0.654. The van der Waals surface area contributed by atoms with E-state index < -0.39 is 5.60 Å². The normalized spacial score (nSPS) is 29.4. The molecule has 3 nitrogen and oxygen atoms in total. The molecular formula is C16H22O3. The molecule has 0 aromatic carbocycles. The van der Waals surface area contributed by atoms with Crippen LogP contribution in [0.25, 0.3) is 0 Å². The monoisotopic (exact) mass is 262 g/mol. The molecule has 104 valence electrons. The minimum Gasteiger partial charge on any atom is -0.463 e. The van der Waals surface area contributed by atoms with Crippen LogP contribution in [0.2, 0.25) is 0 Å². The molecule has 3 rings (SSSR count). The first kappa shape index (κ1) is 12.9. The van der Waals surface area contributed by atoms with E-state index in [9.17, 15) is 4.79 Å². The van der Waals surface area contributed by atoms with Crippen LogP contribution in [0.15, 0.2) is 23.3 Å². The van der Waals surface area contributed by atoms with Crippen molar-refractivity contribution in [3.8, 4) is 0 Å². The third kappa shape index (κ3) is 2.76. The first-order valence-corrected chi connectivity index (χ1v) is 7.38. The summed E-state index contributed by atoms with van der Waals surface area (Å²) in [5.41, 5.74) is 2.30. The first-order chi connectivity index (χ1) is 9.19. The highest BCUT2D eigenvalue weighted by atomic mass is 16.6. The molecule has 19 heavy (non-hydrogen) atoms. The number of carbonyl (C=O) groups is 1. The number of carbonyl (C=O) groups excluding carboxylic acids is 1. The lowest BCUT2D eigenvalue weighted by Crippen LogP contribution is -2.26. The highest BCUT2D eigenvalue weighted by Crippen LogP contribution is 2.36. The first-order valence-electron chi connectivity index (χ1n) is 7.38. The summed E-state index contributed by atoms with van der Waals surface area (Å²) < 4.78 is 10.6. The Labute approximate surface area is 114 Å². The van der Waals surface area contributed by atoms with Gasteiger partial charge in [-0.15, -0.1) is 0 Å². The second-order valence-corrected chi connectivity index (χ2v) is 6.01. The van der Waals surface area contributed by atoms with E-state index in [4.69, 9.17) is 9.47 Å². The molecule has 1 unspecified atom stereocenters. The number of hydrogen-bond donors (Lipinski definition) is 0. The molecule has 0 spiro atoms. The lowest BCUT2D eigenvalue weighted by molar-refractivity contribution is -0.150. The van der Waals surface area contributed by atoms with Gasteiger partial charge < -0.3 is 9.47 Å². The van der Waals surface area contributed by atoms with Gasteiger partial charge in [-0.1, -0.05) is 23.3 Å². The van der Waals surface area contributed by atoms with E-state index in [1.807, 2.05) is 0 Å². The highest BCUT2D eigenvalue weighted by Gasteiger charge is 2.49. The predicted molar refractivity (Wildman–Crippen MR) is 72.7 cm³/mol. The third-order valence-corrected chi connectivity index (χ3v) is 4.44. The zero-order chi connectivity index (χ0) is 13.3. The molecular weight excluding hydrogens is 240 g/mol. The average molecular weight is 262 g/mol. The summed E-state index contributed by atoms with van der Waals surface area (Å²) in [5, 5.41) is 0. The fraction of sp³-hybridized carbons (Fsp3) is 0.688. The fourth-order valence-electron chi connectivity index (χ4n) is 3.01. The van der Waals surface area contributed by atoms with Gasteiger partial charge in [0.05, 0.1) is 6.61 Å². The number of rotatable bonds is 5. The fourth-order valence-corrected chi connectivity index (χ4v) is 3.01. The van der Waals surface area contributed by atoms with E-state index in [0.29, 0.717) is 19.1 Å². The van der Waals surface area contributed by atoms with Crippen molar-refractivity contribution in [3.05, 3.63) is 23.3 Å². The summed E-state index contributed by atoms with van der Waals surface area (Å²) in [7, 11) is 0. The molecule has 3 aliphatic rings. The Kier molecular flexibility index (Phi) is 3.48. The van der Waals surface area contributed by atoms with E-state index in [1.54, 1.807) is 6.92 Å². The van der Waals surface area contributed by atoms with Crippen molar-refractivity contribution in [1.29, 1.82) is 0 Å². The average Bonchev–Trinajstić information content (AvgIpc) is 2.91. The molecule has 3 heteroatoms. The summed E-state index contributed by atoms with van der Waals surface area (Å²) in [6, 6.07) is 0. The maximum Gasteiger partial charge on any atom is 0.340 e. The van der Waals surface area contributed by atoms with Gasteiger partial charge in [-0.3, -0.25) is 0 Å². The van der Waals surface area contributed by atoms with E-state index in [-0.39, 0.29) is 5.97 Å². The largest absolute Gasteiger partial charge is 0.463 e. The SMILES string of the molecule is CC1(C(=O)OCC(C2=CCCC2)C2=CCCC2)CO1. The van der Waals surface area contributed by atoms with Crippen LogP contribution in [0.3, 0.4) is 0 Å². The molecule has 0 aromatic heterocycles.